The molecule has 0 fully saturated rings. The molecule has 0 aliphatic heterocycles. The predicted octanol–water partition coefficient (Wildman–Crippen LogP) is 3.64. The Morgan fingerprint density at radius 3 is 2.75 bits per heavy atom. The lowest BCUT2D eigenvalue weighted by molar-refractivity contribution is -0.118. The van der Waals surface area contributed by atoms with Gasteiger partial charge in [0, 0.05) is 12.1 Å². The lowest BCUT2D eigenvalue weighted by Crippen LogP contribution is -2.23. The Balaban J connectivity index is 2.13. The number of aryl methyl sites for hydroxylation is 1. The average Bonchev–Trinajstić information content (AvgIpc) is 2.46. The van der Waals surface area contributed by atoms with Crippen molar-refractivity contribution in [2.45, 2.75) is 13.5 Å². The van der Waals surface area contributed by atoms with Crippen LogP contribution in [0.1, 0.15) is 11.1 Å². The first-order valence-corrected chi connectivity index (χ1v) is 6.87. The zero-order chi connectivity index (χ0) is 14.4. The molecule has 2 rings (SSSR count). The number of para-hydroxylation sites is 1. The maximum Gasteiger partial charge on any atom is 0.235 e. The molecular formula is C16H16ClNO2. The van der Waals surface area contributed by atoms with Crippen LogP contribution in [0.15, 0.2) is 48.5 Å². The van der Waals surface area contributed by atoms with Crippen LogP contribution in [-0.2, 0) is 11.3 Å². The van der Waals surface area contributed by atoms with E-state index in [9.17, 15) is 4.79 Å². The predicted molar refractivity (Wildman–Crippen MR) is 80.3 cm³/mol. The molecule has 0 aromatic heterocycles. The smallest absolute Gasteiger partial charge is 0.235 e. The molecule has 0 radical (unpaired) electrons. The van der Waals surface area contributed by atoms with E-state index in [4.69, 9.17) is 16.3 Å². The first-order chi connectivity index (χ1) is 9.69. The molecular weight excluding hydrogens is 274 g/mol. The maximum atomic E-state index is 11.2. The highest BCUT2D eigenvalue weighted by atomic mass is 35.5. The fourth-order valence-electron chi connectivity index (χ4n) is 1.80. The molecule has 0 saturated heterocycles. The molecule has 1 amide bonds. The number of ether oxygens (including phenoxy) is 1. The summed E-state index contributed by atoms with van der Waals surface area (Å²) in [6, 6.07) is 15.4. The molecule has 0 aliphatic carbocycles. The number of alkyl halides is 1. The minimum Gasteiger partial charge on any atom is -0.457 e. The van der Waals surface area contributed by atoms with Gasteiger partial charge in [-0.15, -0.1) is 11.6 Å². The van der Waals surface area contributed by atoms with Crippen LogP contribution in [0.3, 0.4) is 0 Å². The first kappa shape index (κ1) is 14.4. The van der Waals surface area contributed by atoms with Crippen LogP contribution in [0.2, 0.25) is 0 Å². The number of nitrogens with one attached hydrogen (secondary N) is 1. The van der Waals surface area contributed by atoms with Crippen molar-refractivity contribution < 1.29 is 9.53 Å². The van der Waals surface area contributed by atoms with E-state index in [2.05, 4.69) is 5.32 Å². The third kappa shape index (κ3) is 4.00. The standard InChI is InChI=1S/C16H16ClNO2/c1-12-5-4-7-14(9-12)20-15-8-3-2-6-13(15)11-18-16(19)10-17/h2-9H,10-11H2,1H3,(H,18,19). The normalized spacial score (nSPS) is 10.1. The number of amides is 1. The highest BCUT2D eigenvalue weighted by Gasteiger charge is 2.06. The van der Waals surface area contributed by atoms with Crippen LogP contribution in [0, 0.1) is 6.92 Å². The summed E-state index contributed by atoms with van der Waals surface area (Å²) in [5.41, 5.74) is 2.04. The van der Waals surface area contributed by atoms with E-state index < -0.39 is 0 Å². The van der Waals surface area contributed by atoms with Gasteiger partial charge in [-0.25, -0.2) is 0 Å². The molecule has 0 bridgehead atoms. The molecule has 0 saturated carbocycles. The first-order valence-electron chi connectivity index (χ1n) is 6.34. The van der Waals surface area contributed by atoms with E-state index in [0.717, 1.165) is 22.6 Å². The summed E-state index contributed by atoms with van der Waals surface area (Å²) in [4.78, 5) is 11.2. The van der Waals surface area contributed by atoms with Crippen molar-refractivity contribution in [1.29, 1.82) is 0 Å². The van der Waals surface area contributed by atoms with Crippen molar-refractivity contribution in [1.82, 2.24) is 5.32 Å². The maximum absolute atomic E-state index is 11.2. The van der Waals surface area contributed by atoms with Gasteiger partial charge in [0.15, 0.2) is 0 Å². The van der Waals surface area contributed by atoms with E-state index in [1.807, 2.05) is 55.5 Å². The number of rotatable bonds is 5. The van der Waals surface area contributed by atoms with Crippen molar-refractivity contribution in [2.75, 3.05) is 5.88 Å². The quantitative estimate of drug-likeness (QED) is 0.854. The summed E-state index contributed by atoms with van der Waals surface area (Å²) in [5, 5.41) is 2.74. The lowest BCUT2D eigenvalue weighted by Gasteiger charge is -2.12. The van der Waals surface area contributed by atoms with Gasteiger partial charge in [0.1, 0.15) is 17.4 Å². The summed E-state index contributed by atoms with van der Waals surface area (Å²) in [6.07, 6.45) is 0. The van der Waals surface area contributed by atoms with Gasteiger partial charge in [0.05, 0.1) is 0 Å². The summed E-state index contributed by atoms with van der Waals surface area (Å²) < 4.78 is 5.87. The van der Waals surface area contributed by atoms with E-state index in [1.165, 1.54) is 0 Å². The second-order valence-corrected chi connectivity index (χ2v) is 4.70. The number of carbonyl (C=O) groups excluding carboxylic acids is 1. The van der Waals surface area contributed by atoms with Crippen molar-refractivity contribution >= 4 is 17.5 Å². The fraction of sp³-hybridized carbons (Fsp3) is 0.188. The molecule has 20 heavy (non-hydrogen) atoms. The lowest BCUT2D eigenvalue weighted by atomic mass is 10.2. The van der Waals surface area contributed by atoms with Gasteiger partial charge in [-0.2, -0.15) is 0 Å². The van der Waals surface area contributed by atoms with Crippen LogP contribution < -0.4 is 10.1 Å². The number of carbonyl (C=O) groups is 1. The summed E-state index contributed by atoms with van der Waals surface area (Å²) >= 11 is 5.46. The van der Waals surface area contributed by atoms with Gasteiger partial charge in [0.2, 0.25) is 5.91 Å². The molecule has 1 N–H and O–H groups in total. The zero-order valence-electron chi connectivity index (χ0n) is 11.2. The molecule has 3 nitrogen and oxygen atoms in total. The largest absolute Gasteiger partial charge is 0.457 e. The summed E-state index contributed by atoms with van der Waals surface area (Å²) in [7, 11) is 0. The second-order valence-electron chi connectivity index (χ2n) is 4.44. The monoisotopic (exact) mass is 289 g/mol. The van der Waals surface area contributed by atoms with Crippen LogP contribution in [0.4, 0.5) is 0 Å². The number of benzene rings is 2. The van der Waals surface area contributed by atoms with Gasteiger partial charge >= 0.3 is 0 Å². The van der Waals surface area contributed by atoms with E-state index in [-0.39, 0.29) is 11.8 Å². The van der Waals surface area contributed by atoms with Crippen molar-refractivity contribution in [2.24, 2.45) is 0 Å². The Morgan fingerprint density at radius 2 is 2.00 bits per heavy atom. The van der Waals surface area contributed by atoms with Crippen LogP contribution in [0.25, 0.3) is 0 Å². The molecule has 0 atom stereocenters. The second kappa shape index (κ2) is 6.96. The molecule has 0 aliphatic rings. The molecule has 2 aromatic rings. The molecule has 0 spiro atoms. The minimum atomic E-state index is -0.197. The molecule has 4 heteroatoms. The minimum absolute atomic E-state index is 0.0408. The Hall–Kier alpha value is -2.00. The Kier molecular flexibility index (Phi) is 5.02. The topological polar surface area (TPSA) is 38.3 Å². The van der Waals surface area contributed by atoms with Gasteiger partial charge in [-0.05, 0) is 30.7 Å². The van der Waals surface area contributed by atoms with E-state index in [1.54, 1.807) is 0 Å². The highest BCUT2D eigenvalue weighted by Crippen LogP contribution is 2.25. The fourth-order valence-corrected chi connectivity index (χ4v) is 1.89. The number of hydrogen-bond acceptors (Lipinski definition) is 2. The van der Waals surface area contributed by atoms with Gasteiger partial charge in [0.25, 0.3) is 0 Å². The highest BCUT2D eigenvalue weighted by molar-refractivity contribution is 6.27. The van der Waals surface area contributed by atoms with Crippen molar-refractivity contribution in [3.05, 3.63) is 59.7 Å². The Morgan fingerprint density at radius 1 is 1.20 bits per heavy atom. The van der Waals surface area contributed by atoms with E-state index in [0.29, 0.717) is 6.54 Å². The van der Waals surface area contributed by atoms with Crippen LogP contribution in [0.5, 0.6) is 11.5 Å². The van der Waals surface area contributed by atoms with Crippen molar-refractivity contribution in [3.8, 4) is 11.5 Å². The molecule has 0 unspecified atom stereocenters. The third-order valence-electron chi connectivity index (χ3n) is 2.79. The Labute approximate surface area is 123 Å². The average molecular weight is 290 g/mol. The Bertz CT molecular complexity index is 599. The summed E-state index contributed by atoms with van der Waals surface area (Å²) in [5.74, 6) is 1.27. The van der Waals surface area contributed by atoms with Crippen LogP contribution >= 0.6 is 11.6 Å². The SMILES string of the molecule is Cc1cccc(Oc2ccccc2CNC(=O)CCl)c1. The van der Waals surface area contributed by atoms with Crippen LogP contribution in [-0.4, -0.2) is 11.8 Å². The molecule has 104 valence electrons. The number of hydrogen-bond donors (Lipinski definition) is 1. The van der Waals surface area contributed by atoms with Crippen molar-refractivity contribution in [3.63, 3.8) is 0 Å². The summed E-state index contributed by atoms with van der Waals surface area (Å²) in [6.45, 7) is 2.41. The van der Waals surface area contributed by atoms with Gasteiger partial charge in [-0.3, -0.25) is 4.79 Å². The third-order valence-corrected chi connectivity index (χ3v) is 3.03. The molecule has 0 heterocycles. The van der Waals surface area contributed by atoms with E-state index >= 15 is 0 Å². The molecule has 2 aromatic carbocycles. The number of halogens is 1. The van der Waals surface area contributed by atoms with Gasteiger partial charge in [-0.1, -0.05) is 30.3 Å². The zero-order valence-corrected chi connectivity index (χ0v) is 12.0. The van der Waals surface area contributed by atoms with Gasteiger partial charge < -0.3 is 10.1 Å².